The van der Waals surface area contributed by atoms with Crippen LogP contribution in [0.5, 0.6) is 5.75 Å². The molecule has 6 nitrogen and oxygen atoms in total. The van der Waals surface area contributed by atoms with Crippen LogP contribution in [0.4, 0.5) is 15.8 Å². The first kappa shape index (κ1) is 19.4. The van der Waals surface area contributed by atoms with E-state index in [1.807, 2.05) is 6.92 Å². The van der Waals surface area contributed by atoms with E-state index in [-0.39, 0.29) is 30.7 Å². The van der Waals surface area contributed by atoms with Gasteiger partial charge < -0.3 is 20.3 Å². The molecule has 0 heterocycles. The number of likely N-dealkylation sites (N-methyl/N-ethyl adjacent to an activating group) is 1. The van der Waals surface area contributed by atoms with Gasteiger partial charge in [0.2, 0.25) is 0 Å². The molecule has 0 aliphatic carbocycles. The number of benzene rings is 2. The number of ether oxygens (including phenoxy) is 1. The van der Waals surface area contributed by atoms with Crippen LogP contribution in [0.2, 0.25) is 0 Å². The summed E-state index contributed by atoms with van der Waals surface area (Å²) < 4.78 is 18.0. The van der Waals surface area contributed by atoms with Crippen LogP contribution in [0.3, 0.4) is 0 Å². The van der Waals surface area contributed by atoms with Gasteiger partial charge >= 0.3 is 0 Å². The van der Waals surface area contributed by atoms with E-state index in [9.17, 15) is 14.0 Å². The Bertz CT molecular complexity index is 733. The molecule has 2 aromatic rings. The lowest BCUT2D eigenvalue weighted by atomic mass is 10.3. The standard InChI is InChI=1S/C19H22FN3O3/c1-3-23(12-18(24)21-15-6-4-14(20)5-7-15)13-19(25)22-16-8-10-17(26-2)11-9-16/h4-11H,3,12-13H2,1-2H3,(H,21,24)(H,22,25)/p+1. The predicted octanol–water partition coefficient (Wildman–Crippen LogP) is 1.32. The average molecular weight is 360 g/mol. The maximum atomic E-state index is 12.9. The molecule has 1 atom stereocenters. The van der Waals surface area contributed by atoms with E-state index in [4.69, 9.17) is 4.74 Å². The number of methoxy groups -OCH3 is 1. The lowest BCUT2D eigenvalue weighted by Crippen LogP contribution is -3.13. The van der Waals surface area contributed by atoms with Gasteiger partial charge in [-0.15, -0.1) is 0 Å². The molecule has 0 aromatic heterocycles. The number of carbonyl (C=O) groups is 2. The van der Waals surface area contributed by atoms with E-state index in [1.165, 1.54) is 24.3 Å². The first-order chi connectivity index (χ1) is 12.5. The number of halogens is 1. The number of hydrogen-bond donors (Lipinski definition) is 3. The largest absolute Gasteiger partial charge is 0.497 e. The second kappa shape index (κ2) is 9.53. The van der Waals surface area contributed by atoms with Gasteiger partial charge in [0.15, 0.2) is 13.1 Å². The van der Waals surface area contributed by atoms with Gasteiger partial charge in [-0.2, -0.15) is 0 Å². The highest BCUT2D eigenvalue weighted by atomic mass is 19.1. The highest BCUT2D eigenvalue weighted by molar-refractivity contribution is 5.93. The molecule has 0 fully saturated rings. The lowest BCUT2D eigenvalue weighted by molar-refractivity contribution is -0.881. The van der Waals surface area contributed by atoms with Crippen molar-refractivity contribution in [3.8, 4) is 5.75 Å². The minimum atomic E-state index is -0.362. The number of carbonyl (C=O) groups excluding carboxylic acids is 2. The quantitative estimate of drug-likeness (QED) is 0.665. The Kier molecular flexibility index (Phi) is 7.11. The normalized spacial score (nSPS) is 11.5. The second-order valence-electron chi connectivity index (χ2n) is 5.79. The maximum absolute atomic E-state index is 12.9. The lowest BCUT2D eigenvalue weighted by Gasteiger charge is -2.17. The van der Waals surface area contributed by atoms with Crippen molar-refractivity contribution in [1.82, 2.24) is 0 Å². The average Bonchev–Trinajstić information content (AvgIpc) is 2.63. The molecule has 2 rings (SSSR count). The Morgan fingerprint density at radius 1 is 0.923 bits per heavy atom. The molecule has 26 heavy (non-hydrogen) atoms. The highest BCUT2D eigenvalue weighted by Crippen LogP contribution is 2.14. The van der Waals surface area contributed by atoms with Gasteiger partial charge in [-0.3, -0.25) is 9.59 Å². The van der Waals surface area contributed by atoms with Crippen LogP contribution in [0.1, 0.15) is 6.92 Å². The monoisotopic (exact) mass is 360 g/mol. The minimum Gasteiger partial charge on any atom is -0.497 e. The summed E-state index contributed by atoms with van der Waals surface area (Å²) in [5.41, 5.74) is 1.19. The molecule has 0 aliphatic rings. The summed E-state index contributed by atoms with van der Waals surface area (Å²) in [5, 5.41) is 5.50. The number of quaternary nitrogens is 1. The summed E-state index contributed by atoms with van der Waals surface area (Å²) >= 11 is 0. The van der Waals surface area contributed by atoms with Gasteiger partial charge in [0.05, 0.1) is 13.7 Å². The van der Waals surface area contributed by atoms with Gasteiger partial charge in [0, 0.05) is 11.4 Å². The molecule has 0 radical (unpaired) electrons. The van der Waals surface area contributed by atoms with Crippen LogP contribution in [0.15, 0.2) is 48.5 Å². The second-order valence-corrected chi connectivity index (χ2v) is 5.79. The number of rotatable bonds is 8. The Hall–Kier alpha value is -2.93. The third-order valence-electron chi connectivity index (χ3n) is 3.82. The fourth-order valence-corrected chi connectivity index (χ4v) is 2.38. The third-order valence-corrected chi connectivity index (χ3v) is 3.82. The van der Waals surface area contributed by atoms with Gasteiger partial charge in [-0.25, -0.2) is 4.39 Å². The summed E-state index contributed by atoms with van der Waals surface area (Å²) in [6, 6.07) is 12.6. The van der Waals surface area contributed by atoms with Crippen LogP contribution < -0.4 is 20.3 Å². The van der Waals surface area contributed by atoms with E-state index in [0.29, 0.717) is 23.7 Å². The minimum absolute atomic E-state index is 0.143. The predicted molar refractivity (Wildman–Crippen MR) is 97.9 cm³/mol. The molecule has 0 aliphatic heterocycles. The number of anilines is 2. The Labute approximate surface area is 152 Å². The molecule has 7 heteroatoms. The van der Waals surface area contributed by atoms with E-state index < -0.39 is 0 Å². The molecule has 2 amide bonds. The summed E-state index contributed by atoms with van der Waals surface area (Å²) in [5.74, 6) is -0.0624. The zero-order chi connectivity index (χ0) is 18.9. The van der Waals surface area contributed by atoms with E-state index >= 15 is 0 Å². The highest BCUT2D eigenvalue weighted by Gasteiger charge is 2.17. The summed E-state index contributed by atoms with van der Waals surface area (Å²) in [6.07, 6.45) is 0. The van der Waals surface area contributed by atoms with Crippen molar-refractivity contribution in [2.45, 2.75) is 6.92 Å². The van der Waals surface area contributed by atoms with Crippen LogP contribution in [0.25, 0.3) is 0 Å². The van der Waals surface area contributed by atoms with Crippen molar-refractivity contribution < 1.29 is 23.6 Å². The van der Waals surface area contributed by atoms with Crippen molar-refractivity contribution in [3.63, 3.8) is 0 Å². The molecular formula is C19H23FN3O3+. The number of amides is 2. The van der Waals surface area contributed by atoms with Crippen molar-refractivity contribution in [3.05, 3.63) is 54.3 Å². The Balaban J connectivity index is 1.83. The topological polar surface area (TPSA) is 71.9 Å². The van der Waals surface area contributed by atoms with Crippen molar-refractivity contribution in [1.29, 1.82) is 0 Å². The molecule has 3 N–H and O–H groups in total. The van der Waals surface area contributed by atoms with Crippen LogP contribution in [-0.2, 0) is 9.59 Å². The molecule has 1 unspecified atom stereocenters. The SMILES string of the molecule is CC[NH+](CC(=O)Nc1ccc(F)cc1)CC(=O)Nc1ccc(OC)cc1. The van der Waals surface area contributed by atoms with Gasteiger partial charge in [0.25, 0.3) is 11.8 Å². The van der Waals surface area contributed by atoms with E-state index in [2.05, 4.69) is 10.6 Å². The number of nitrogens with one attached hydrogen (secondary N) is 3. The van der Waals surface area contributed by atoms with E-state index in [0.717, 1.165) is 4.90 Å². The molecule has 0 bridgehead atoms. The summed E-state index contributed by atoms with van der Waals surface area (Å²) in [6.45, 7) is 2.83. The Morgan fingerprint density at radius 2 is 1.38 bits per heavy atom. The maximum Gasteiger partial charge on any atom is 0.279 e. The molecule has 0 spiro atoms. The summed E-state index contributed by atoms with van der Waals surface area (Å²) in [7, 11) is 1.58. The van der Waals surface area contributed by atoms with Crippen LogP contribution >= 0.6 is 0 Å². The van der Waals surface area contributed by atoms with Gasteiger partial charge in [0.1, 0.15) is 11.6 Å². The third kappa shape index (κ3) is 6.18. The first-order valence-corrected chi connectivity index (χ1v) is 8.33. The molecule has 2 aromatic carbocycles. The molecule has 138 valence electrons. The smallest absolute Gasteiger partial charge is 0.279 e. The van der Waals surface area contributed by atoms with Crippen LogP contribution in [0, 0.1) is 5.82 Å². The van der Waals surface area contributed by atoms with Crippen molar-refractivity contribution in [2.75, 3.05) is 37.4 Å². The summed E-state index contributed by atoms with van der Waals surface area (Å²) in [4.78, 5) is 25.1. The van der Waals surface area contributed by atoms with Gasteiger partial charge in [-0.1, -0.05) is 0 Å². The fraction of sp³-hybridized carbons (Fsp3) is 0.263. The number of hydrogen-bond acceptors (Lipinski definition) is 3. The van der Waals surface area contributed by atoms with E-state index in [1.54, 1.807) is 31.4 Å². The zero-order valence-electron chi connectivity index (χ0n) is 14.8. The first-order valence-electron chi connectivity index (χ1n) is 8.33. The Morgan fingerprint density at radius 3 is 1.81 bits per heavy atom. The van der Waals surface area contributed by atoms with Gasteiger partial charge in [-0.05, 0) is 55.5 Å². The zero-order valence-corrected chi connectivity index (χ0v) is 14.8. The molecule has 0 saturated heterocycles. The van der Waals surface area contributed by atoms with Crippen LogP contribution in [-0.4, -0.2) is 38.6 Å². The molecule has 0 saturated carbocycles. The van der Waals surface area contributed by atoms with Crippen molar-refractivity contribution >= 4 is 23.2 Å². The molecular weight excluding hydrogens is 337 g/mol. The fourth-order valence-electron chi connectivity index (χ4n) is 2.38. The van der Waals surface area contributed by atoms with Crippen molar-refractivity contribution in [2.24, 2.45) is 0 Å².